The van der Waals surface area contributed by atoms with Crippen molar-refractivity contribution in [1.29, 1.82) is 0 Å². The second kappa shape index (κ2) is 3.39. The molecule has 0 aromatic heterocycles. The fourth-order valence-corrected chi connectivity index (χ4v) is 2.82. The fraction of sp³-hybridized carbons (Fsp3) is 0.538. The van der Waals surface area contributed by atoms with Crippen molar-refractivity contribution in [2.45, 2.75) is 44.2 Å². The van der Waals surface area contributed by atoms with Crippen LogP contribution in [0.25, 0.3) is 0 Å². The maximum atomic E-state index is 3.77. The van der Waals surface area contributed by atoms with Crippen LogP contribution in [0.4, 0.5) is 0 Å². The van der Waals surface area contributed by atoms with E-state index in [0.717, 1.165) is 0 Å². The highest BCUT2D eigenvalue weighted by atomic mass is 15.0. The fourth-order valence-electron chi connectivity index (χ4n) is 2.82. The van der Waals surface area contributed by atoms with Gasteiger partial charge in [-0.1, -0.05) is 36.3 Å². The van der Waals surface area contributed by atoms with Crippen LogP contribution < -0.4 is 5.32 Å². The zero-order valence-electron chi connectivity index (χ0n) is 8.50. The van der Waals surface area contributed by atoms with Crippen LogP contribution in [-0.2, 0) is 0 Å². The second-order valence-electron chi connectivity index (χ2n) is 4.57. The third-order valence-corrected chi connectivity index (χ3v) is 3.61. The summed E-state index contributed by atoms with van der Waals surface area (Å²) >= 11 is 0. The number of fused-ring (bicyclic) bond motifs is 2. The van der Waals surface area contributed by atoms with Crippen LogP contribution >= 0.6 is 0 Å². The quantitative estimate of drug-likeness (QED) is 0.615. The Hall–Kier alpha value is -0.820. The Labute approximate surface area is 85.6 Å². The number of rotatable bonds is 0. The highest BCUT2D eigenvalue weighted by molar-refractivity contribution is 5.40. The van der Waals surface area contributed by atoms with Crippen molar-refractivity contribution in [1.82, 2.24) is 5.32 Å². The van der Waals surface area contributed by atoms with Gasteiger partial charge in [-0.05, 0) is 31.3 Å². The Morgan fingerprint density at radius 1 is 1.21 bits per heavy atom. The molecule has 1 N–H and O–H groups in total. The molecule has 0 bridgehead atoms. The van der Waals surface area contributed by atoms with Crippen molar-refractivity contribution in [2.24, 2.45) is 0 Å². The average molecular weight is 187 g/mol. The lowest BCUT2D eigenvalue weighted by Crippen LogP contribution is -2.45. The second-order valence-corrected chi connectivity index (χ2v) is 4.57. The van der Waals surface area contributed by atoms with E-state index in [1.165, 1.54) is 37.7 Å². The first kappa shape index (κ1) is 8.49. The Balaban J connectivity index is 1.92. The lowest BCUT2D eigenvalue weighted by atomic mass is 9.82. The van der Waals surface area contributed by atoms with Crippen molar-refractivity contribution >= 4 is 0 Å². The molecule has 0 aromatic carbocycles. The first-order chi connectivity index (χ1) is 6.93. The van der Waals surface area contributed by atoms with Crippen molar-refractivity contribution < 1.29 is 0 Å². The van der Waals surface area contributed by atoms with E-state index in [4.69, 9.17) is 0 Å². The van der Waals surface area contributed by atoms with Gasteiger partial charge < -0.3 is 5.32 Å². The van der Waals surface area contributed by atoms with E-state index in [1.807, 2.05) is 0 Å². The van der Waals surface area contributed by atoms with Crippen molar-refractivity contribution in [3.63, 3.8) is 0 Å². The van der Waals surface area contributed by atoms with E-state index in [9.17, 15) is 0 Å². The van der Waals surface area contributed by atoms with E-state index in [-0.39, 0.29) is 0 Å². The average Bonchev–Trinajstić information content (AvgIpc) is 2.26. The molecule has 2 aliphatic carbocycles. The molecule has 1 aliphatic heterocycles. The zero-order valence-corrected chi connectivity index (χ0v) is 8.50. The molecule has 1 heterocycles. The first-order valence-electron chi connectivity index (χ1n) is 5.77. The summed E-state index contributed by atoms with van der Waals surface area (Å²) < 4.78 is 0. The van der Waals surface area contributed by atoms with Crippen LogP contribution in [-0.4, -0.2) is 12.1 Å². The summed E-state index contributed by atoms with van der Waals surface area (Å²) in [5.41, 5.74) is 3.15. The number of hydrogen-bond acceptors (Lipinski definition) is 1. The molecule has 74 valence electrons. The van der Waals surface area contributed by atoms with Crippen LogP contribution in [0.2, 0.25) is 0 Å². The summed E-state index contributed by atoms with van der Waals surface area (Å²) in [5.74, 6) is 0. The molecule has 3 rings (SSSR count). The molecule has 0 unspecified atom stereocenters. The van der Waals surface area contributed by atoms with Gasteiger partial charge in [0.15, 0.2) is 0 Å². The van der Waals surface area contributed by atoms with Crippen LogP contribution in [0.5, 0.6) is 0 Å². The van der Waals surface area contributed by atoms with Gasteiger partial charge >= 0.3 is 0 Å². The Morgan fingerprint density at radius 2 is 2.21 bits per heavy atom. The normalized spacial score (nSPS) is 35.4. The van der Waals surface area contributed by atoms with Gasteiger partial charge in [0.25, 0.3) is 0 Å². The molecule has 0 aromatic rings. The highest BCUT2D eigenvalue weighted by Gasteiger charge is 2.27. The van der Waals surface area contributed by atoms with Gasteiger partial charge in [-0.2, -0.15) is 0 Å². The summed E-state index contributed by atoms with van der Waals surface area (Å²) in [6.45, 7) is 0. The zero-order chi connectivity index (χ0) is 9.38. The van der Waals surface area contributed by atoms with Gasteiger partial charge in [-0.15, -0.1) is 0 Å². The highest BCUT2D eigenvalue weighted by Crippen LogP contribution is 2.31. The molecule has 0 spiro atoms. The van der Waals surface area contributed by atoms with Gasteiger partial charge in [-0.25, -0.2) is 0 Å². The minimum absolute atomic E-state index is 0.604. The molecule has 0 saturated heterocycles. The van der Waals surface area contributed by atoms with E-state index < -0.39 is 0 Å². The van der Waals surface area contributed by atoms with Gasteiger partial charge in [0.1, 0.15) is 0 Å². The van der Waals surface area contributed by atoms with Gasteiger partial charge in [0, 0.05) is 12.1 Å². The van der Waals surface area contributed by atoms with E-state index in [0.29, 0.717) is 12.1 Å². The monoisotopic (exact) mass is 187 g/mol. The molecule has 1 fully saturated rings. The molecule has 1 nitrogen and oxygen atoms in total. The number of hydrogen-bond donors (Lipinski definition) is 1. The summed E-state index contributed by atoms with van der Waals surface area (Å²) in [5, 5.41) is 3.77. The maximum absolute atomic E-state index is 3.77. The predicted octanol–water partition coefficient (Wildman–Crippen LogP) is 2.71. The molecule has 1 heteroatoms. The molecule has 14 heavy (non-hydrogen) atoms. The molecule has 0 amide bonds. The van der Waals surface area contributed by atoms with Gasteiger partial charge in [-0.3, -0.25) is 0 Å². The van der Waals surface area contributed by atoms with E-state index >= 15 is 0 Å². The molecule has 1 saturated carbocycles. The smallest absolute Gasteiger partial charge is 0.0360 e. The van der Waals surface area contributed by atoms with Crippen molar-refractivity contribution in [2.75, 3.05) is 0 Å². The van der Waals surface area contributed by atoms with Crippen molar-refractivity contribution in [3.8, 4) is 0 Å². The standard InChI is InChI=1S/C13H17N/c1-3-7-12-10(5-1)9-11-6-2-4-8-13(11)14-12/h1,3,5,9,12-14H,2,4,6-8H2/t12-,13-/m0/s1. The third kappa shape index (κ3) is 1.36. The summed E-state index contributed by atoms with van der Waals surface area (Å²) in [6.07, 6.45) is 15.8. The molecular formula is C13H17N. The lowest BCUT2D eigenvalue weighted by molar-refractivity contribution is 0.407. The Morgan fingerprint density at radius 3 is 3.21 bits per heavy atom. The molecule has 3 aliphatic rings. The van der Waals surface area contributed by atoms with Crippen molar-refractivity contribution in [3.05, 3.63) is 35.5 Å². The summed E-state index contributed by atoms with van der Waals surface area (Å²) in [4.78, 5) is 0. The topological polar surface area (TPSA) is 12.0 Å². The summed E-state index contributed by atoms with van der Waals surface area (Å²) in [6, 6.07) is 1.30. The lowest BCUT2D eigenvalue weighted by Gasteiger charge is -2.36. The number of nitrogens with one attached hydrogen (secondary N) is 1. The van der Waals surface area contributed by atoms with Crippen LogP contribution in [0.15, 0.2) is 35.5 Å². The van der Waals surface area contributed by atoms with Crippen LogP contribution in [0.3, 0.4) is 0 Å². The Bertz CT molecular complexity index is 322. The van der Waals surface area contributed by atoms with Gasteiger partial charge in [0.05, 0.1) is 0 Å². The molecule has 0 radical (unpaired) electrons. The van der Waals surface area contributed by atoms with E-state index in [1.54, 1.807) is 5.57 Å². The Kier molecular flexibility index (Phi) is 2.06. The maximum Gasteiger partial charge on any atom is 0.0360 e. The predicted molar refractivity (Wildman–Crippen MR) is 59.1 cm³/mol. The van der Waals surface area contributed by atoms with E-state index in [2.05, 4.69) is 29.6 Å². The van der Waals surface area contributed by atoms with Crippen LogP contribution in [0.1, 0.15) is 32.1 Å². The SMILES string of the molecule is C1=CC[C@@H]2N[C@H]3CCCCC3=CC2=C1. The molecule has 2 atom stereocenters. The molecular weight excluding hydrogens is 170 g/mol. The van der Waals surface area contributed by atoms with Gasteiger partial charge in [0.2, 0.25) is 0 Å². The largest absolute Gasteiger partial charge is 0.303 e. The third-order valence-electron chi connectivity index (χ3n) is 3.61. The first-order valence-corrected chi connectivity index (χ1v) is 5.77. The minimum Gasteiger partial charge on any atom is -0.303 e. The minimum atomic E-state index is 0.604. The number of allylic oxidation sites excluding steroid dienone is 2. The van der Waals surface area contributed by atoms with Crippen LogP contribution in [0, 0.1) is 0 Å². The summed E-state index contributed by atoms with van der Waals surface area (Å²) in [7, 11) is 0.